The average Bonchev–Trinajstić information content (AvgIpc) is 2.68. The Balaban J connectivity index is 2.70. The van der Waals surface area contributed by atoms with Gasteiger partial charge in [-0.25, -0.2) is 0 Å². The lowest BCUT2D eigenvalue weighted by Gasteiger charge is -2.22. The fourth-order valence-corrected chi connectivity index (χ4v) is 2.00. The fraction of sp³-hybridized carbons (Fsp3) is 0.364. The van der Waals surface area contributed by atoms with E-state index >= 15 is 0 Å². The molecule has 1 atom stereocenters. The third kappa shape index (κ3) is 2.45. The minimum atomic E-state index is 0.0494. The van der Waals surface area contributed by atoms with Crippen LogP contribution in [0.2, 0.25) is 0 Å². The van der Waals surface area contributed by atoms with Crippen LogP contribution < -0.4 is 0 Å². The summed E-state index contributed by atoms with van der Waals surface area (Å²) < 4.78 is 0. The Bertz CT molecular complexity index is 316. The number of thiophene rings is 1. The normalized spacial score (nSPS) is 13.1. The predicted molar refractivity (Wildman–Crippen MR) is 60.3 cm³/mol. The molecule has 76 valence electrons. The molecule has 0 aliphatic heterocycles. The average molecular weight is 209 g/mol. The number of rotatable bonds is 3. The van der Waals surface area contributed by atoms with Crippen LogP contribution in [-0.4, -0.2) is 17.9 Å². The van der Waals surface area contributed by atoms with Crippen molar-refractivity contribution < 1.29 is 4.79 Å². The summed E-state index contributed by atoms with van der Waals surface area (Å²) in [6.45, 7) is 3.88. The topological polar surface area (TPSA) is 20.3 Å². The Morgan fingerprint density at radius 3 is 2.86 bits per heavy atom. The number of carbonyl (C=O) groups excluding carboxylic acids is 1. The van der Waals surface area contributed by atoms with Gasteiger partial charge >= 0.3 is 0 Å². The molecule has 1 heterocycles. The highest BCUT2D eigenvalue weighted by Gasteiger charge is 2.15. The van der Waals surface area contributed by atoms with Gasteiger partial charge in [0.05, 0.1) is 6.04 Å². The molecule has 0 saturated carbocycles. The molecule has 0 spiro atoms. The van der Waals surface area contributed by atoms with Crippen molar-refractivity contribution in [2.24, 2.45) is 0 Å². The van der Waals surface area contributed by atoms with Crippen LogP contribution in [0.1, 0.15) is 24.8 Å². The number of hydrogen-bond acceptors (Lipinski definition) is 2. The quantitative estimate of drug-likeness (QED) is 0.701. The van der Waals surface area contributed by atoms with Crippen LogP contribution >= 0.6 is 11.3 Å². The Morgan fingerprint density at radius 1 is 1.64 bits per heavy atom. The number of carbonyl (C=O) groups is 1. The predicted octanol–water partition coefficient (Wildman–Crippen LogP) is 2.84. The van der Waals surface area contributed by atoms with E-state index in [1.807, 2.05) is 32.3 Å². The first kappa shape index (κ1) is 11.0. The summed E-state index contributed by atoms with van der Waals surface area (Å²) in [5, 5.41) is 2.03. The summed E-state index contributed by atoms with van der Waals surface area (Å²) in [6, 6.07) is 4.21. The lowest BCUT2D eigenvalue weighted by Crippen LogP contribution is -2.27. The summed E-state index contributed by atoms with van der Waals surface area (Å²) in [5.41, 5.74) is 0. The van der Waals surface area contributed by atoms with Gasteiger partial charge in [0, 0.05) is 11.9 Å². The first-order chi connectivity index (χ1) is 6.66. The molecule has 0 aliphatic carbocycles. The summed E-state index contributed by atoms with van der Waals surface area (Å²) in [4.78, 5) is 14.5. The molecule has 3 heteroatoms. The van der Waals surface area contributed by atoms with Crippen molar-refractivity contribution in [2.75, 3.05) is 7.05 Å². The molecular formula is C11H15NOS. The molecule has 1 aromatic heterocycles. The fourth-order valence-electron chi connectivity index (χ4n) is 1.17. The zero-order valence-corrected chi connectivity index (χ0v) is 9.54. The van der Waals surface area contributed by atoms with E-state index in [4.69, 9.17) is 0 Å². The summed E-state index contributed by atoms with van der Waals surface area (Å²) >= 11 is 1.68. The highest BCUT2D eigenvalue weighted by Crippen LogP contribution is 2.23. The second kappa shape index (κ2) is 4.96. The van der Waals surface area contributed by atoms with E-state index in [0.29, 0.717) is 0 Å². The van der Waals surface area contributed by atoms with E-state index in [9.17, 15) is 4.79 Å². The van der Waals surface area contributed by atoms with Gasteiger partial charge < -0.3 is 4.90 Å². The minimum Gasteiger partial charge on any atom is -0.335 e. The maximum absolute atomic E-state index is 11.5. The van der Waals surface area contributed by atoms with E-state index in [1.54, 1.807) is 28.4 Å². The maximum Gasteiger partial charge on any atom is 0.246 e. The van der Waals surface area contributed by atoms with Crippen molar-refractivity contribution in [3.63, 3.8) is 0 Å². The third-order valence-corrected chi connectivity index (χ3v) is 3.24. The molecule has 2 nitrogen and oxygen atoms in total. The monoisotopic (exact) mass is 209 g/mol. The molecule has 1 unspecified atom stereocenters. The second-order valence-electron chi connectivity index (χ2n) is 3.14. The summed E-state index contributed by atoms with van der Waals surface area (Å²) in [5.74, 6) is 0.0494. The van der Waals surface area contributed by atoms with Crippen molar-refractivity contribution in [1.82, 2.24) is 4.90 Å². The standard InChI is InChI=1S/C11H15NOS/c1-4-6-11(13)12(3)9(2)10-7-5-8-14-10/h4-9H,1-3H3. The maximum atomic E-state index is 11.5. The lowest BCUT2D eigenvalue weighted by molar-refractivity contribution is -0.126. The van der Waals surface area contributed by atoms with Gasteiger partial charge in [0.1, 0.15) is 0 Å². The van der Waals surface area contributed by atoms with Crippen molar-refractivity contribution in [3.8, 4) is 0 Å². The lowest BCUT2D eigenvalue weighted by atomic mass is 10.2. The van der Waals surface area contributed by atoms with Crippen LogP contribution in [0.3, 0.4) is 0 Å². The van der Waals surface area contributed by atoms with Gasteiger partial charge in [-0.05, 0) is 31.4 Å². The van der Waals surface area contributed by atoms with E-state index < -0.39 is 0 Å². The van der Waals surface area contributed by atoms with Crippen molar-refractivity contribution in [3.05, 3.63) is 34.5 Å². The molecule has 1 rings (SSSR count). The first-order valence-electron chi connectivity index (χ1n) is 4.59. The van der Waals surface area contributed by atoms with Crippen LogP contribution in [0.5, 0.6) is 0 Å². The van der Waals surface area contributed by atoms with Crippen LogP contribution in [0.25, 0.3) is 0 Å². The van der Waals surface area contributed by atoms with Gasteiger partial charge in [-0.3, -0.25) is 4.79 Å². The summed E-state index contributed by atoms with van der Waals surface area (Å²) in [6.07, 6.45) is 3.35. The minimum absolute atomic E-state index is 0.0494. The van der Waals surface area contributed by atoms with Crippen molar-refractivity contribution in [2.45, 2.75) is 19.9 Å². The summed E-state index contributed by atoms with van der Waals surface area (Å²) in [7, 11) is 1.83. The molecule has 1 amide bonds. The van der Waals surface area contributed by atoms with Gasteiger partial charge in [-0.1, -0.05) is 12.1 Å². The van der Waals surface area contributed by atoms with E-state index in [-0.39, 0.29) is 11.9 Å². The number of likely N-dealkylation sites (N-methyl/N-ethyl adjacent to an activating group) is 1. The molecule has 0 N–H and O–H groups in total. The molecule has 0 fully saturated rings. The molecule has 0 aromatic carbocycles. The van der Waals surface area contributed by atoms with E-state index in [0.717, 1.165) is 0 Å². The largest absolute Gasteiger partial charge is 0.335 e. The van der Waals surface area contributed by atoms with Crippen molar-refractivity contribution >= 4 is 17.2 Å². The smallest absolute Gasteiger partial charge is 0.246 e. The molecule has 0 bridgehead atoms. The first-order valence-corrected chi connectivity index (χ1v) is 5.47. The van der Waals surface area contributed by atoms with Crippen LogP contribution in [0.4, 0.5) is 0 Å². The molecule has 0 radical (unpaired) electrons. The molecule has 0 aliphatic rings. The van der Waals surface area contributed by atoms with Gasteiger partial charge in [-0.2, -0.15) is 0 Å². The molecule has 14 heavy (non-hydrogen) atoms. The molecule has 0 saturated heterocycles. The SMILES string of the molecule is CC=CC(=O)N(C)C(C)c1cccs1. The van der Waals surface area contributed by atoms with Crippen LogP contribution in [0, 0.1) is 0 Å². The number of nitrogens with zero attached hydrogens (tertiary/aromatic N) is 1. The number of amides is 1. The number of allylic oxidation sites excluding steroid dienone is 1. The third-order valence-electron chi connectivity index (χ3n) is 2.19. The van der Waals surface area contributed by atoms with Crippen molar-refractivity contribution in [1.29, 1.82) is 0 Å². The molecule has 1 aromatic rings. The Labute approximate surface area is 88.9 Å². The van der Waals surface area contributed by atoms with Crippen LogP contribution in [0.15, 0.2) is 29.7 Å². The highest BCUT2D eigenvalue weighted by atomic mass is 32.1. The zero-order valence-electron chi connectivity index (χ0n) is 8.73. The van der Waals surface area contributed by atoms with E-state index in [2.05, 4.69) is 6.07 Å². The van der Waals surface area contributed by atoms with E-state index in [1.165, 1.54) is 4.88 Å². The van der Waals surface area contributed by atoms with Gasteiger partial charge in [0.15, 0.2) is 0 Å². The van der Waals surface area contributed by atoms with Gasteiger partial charge in [-0.15, -0.1) is 11.3 Å². The zero-order chi connectivity index (χ0) is 10.6. The van der Waals surface area contributed by atoms with Gasteiger partial charge in [0.2, 0.25) is 5.91 Å². The number of hydrogen-bond donors (Lipinski definition) is 0. The Kier molecular flexibility index (Phi) is 3.89. The van der Waals surface area contributed by atoms with Gasteiger partial charge in [0.25, 0.3) is 0 Å². The Morgan fingerprint density at radius 2 is 2.36 bits per heavy atom. The molecular weight excluding hydrogens is 194 g/mol. The highest BCUT2D eigenvalue weighted by molar-refractivity contribution is 7.10. The Hall–Kier alpha value is -1.09. The van der Waals surface area contributed by atoms with Crippen LogP contribution in [-0.2, 0) is 4.79 Å². The second-order valence-corrected chi connectivity index (χ2v) is 4.12.